The summed E-state index contributed by atoms with van der Waals surface area (Å²) in [5.74, 6) is -0.996. The van der Waals surface area contributed by atoms with E-state index in [4.69, 9.17) is 20.1 Å². The summed E-state index contributed by atoms with van der Waals surface area (Å²) in [7, 11) is 0. The van der Waals surface area contributed by atoms with Crippen molar-refractivity contribution in [3.63, 3.8) is 0 Å². The highest BCUT2D eigenvalue weighted by Gasteiger charge is 2.33. The molecule has 0 fully saturated rings. The Morgan fingerprint density at radius 3 is 2.16 bits per heavy atom. The van der Waals surface area contributed by atoms with Gasteiger partial charge in [-0.2, -0.15) is 10.9 Å². The summed E-state index contributed by atoms with van der Waals surface area (Å²) in [5, 5.41) is 10.6. The van der Waals surface area contributed by atoms with E-state index in [9.17, 15) is 19.5 Å². The van der Waals surface area contributed by atoms with E-state index in [0.717, 1.165) is 5.56 Å². The first-order chi connectivity index (χ1) is 17.6. The van der Waals surface area contributed by atoms with E-state index in [1.165, 1.54) is 12.1 Å². The Bertz CT molecular complexity index is 1240. The van der Waals surface area contributed by atoms with Gasteiger partial charge in [-0.1, -0.05) is 48.5 Å². The predicted octanol–water partition coefficient (Wildman–Crippen LogP) is 3.07. The number of carbonyl (C=O) groups is 3. The molecule has 1 heterocycles. The molecule has 1 unspecified atom stereocenters. The van der Waals surface area contributed by atoms with Crippen molar-refractivity contribution in [3.05, 3.63) is 83.3 Å². The molecule has 0 amide bonds. The summed E-state index contributed by atoms with van der Waals surface area (Å²) >= 11 is 0. The highest BCUT2D eigenvalue weighted by atomic mass is 16.7. The molecular weight excluding hydrogens is 482 g/mol. The van der Waals surface area contributed by atoms with Crippen LogP contribution < -0.4 is 10.6 Å². The number of hydrogen-bond acceptors (Lipinski definition) is 11. The Kier molecular flexibility index (Phi) is 8.88. The van der Waals surface area contributed by atoms with Gasteiger partial charge in [-0.15, -0.1) is 0 Å². The number of hydrogen-bond donors (Lipinski definition) is 2. The van der Waals surface area contributed by atoms with Gasteiger partial charge < -0.3 is 24.2 Å². The molecule has 0 saturated carbocycles. The van der Waals surface area contributed by atoms with Crippen LogP contribution >= 0.6 is 0 Å². The third-order valence-electron chi connectivity index (χ3n) is 4.77. The number of aromatic nitrogens is 2. The van der Waals surface area contributed by atoms with Gasteiger partial charge in [0.25, 0.3) is 5.88 Å². The third-order valence-corrected chi connectivity index (χ3v) is 4.77. The molecule has 0 saturated heterocycles. The zero-order valence-electron chi connectivity index (χ0n) is 20.5. The van der Waals surface area contributed by atoms with Crippen LogP contribution in [-0.2, 0) is 25.7 Å². The van der Waals surface area contributed by atoms with E-state index in [1.807, 2.05) is 30.3 Å². The zero-order chi connectivity index (χ0) is 27.0. The first kappa shape index (κ1) is 27.2. The predicted molar refractivity (Wildman–Crippen MR) is 129 cm³/mol. The average molecular weight is 510 g/mol. The van der Waals surface area contributed by atoms with Crippen molar-refractivity contribution < 1.29 is 38.5 Å². The van der Waals surface area contributed by atoms with E-state index in [-0.39, 0.29) is 24.6 Å². The van der Waals surface area contributed by atoms with E-state index in [1.54, 1.807) is 39.0 Å². The molecule has 3 rings (SSSR count). The van der Waals surface area contributed by atoms with Crippen LogP contribution in [0.15, 0.2) is 60.7 Å². The van der Waals surface area contributed by atoms with Crippen LogP contribution in [0, 0.1) is 0 Å². The molecule has 1 atom stereocenters. The normalized spacial score (nSPS) is 11.9. The minimum atomic E-state index is -1.25. The molecule has 3 N–H and O–H groups in total. The fourth-order valence-electron chi connectivity index (χ4n) is 3.12. The second kappa shape index (κ2) is 12.1. The quantitative estimate of drug-likeness (QED) is 0.322. The van der Waals surface area contributed by atoms with Gasteiger partial charge in [0.15, 0.2) is 0 Å². The molecule has 11 nitrogen and oxygen atoms in total. The lowest BCUT2D eigenvalue weighted by molar-refractivity contribution is -0.158. The van der Waals surface area contributed by atoms with Crippen molar-refractivity contribution in [2.75, 3.05) is 6.61 Å². The standard InChI is InChI=1S/C26H27N3O8/c1-26(2,3)36-24(32)18(15-34-14-16-10-6-4-7-11-16)21-28-19(25(33)37-27)20(22(30)29-21)35-23(31)17-12-8-5-9-13-17/h4-13,18H,14-15,27H2,1-3H3,(H,28,29,30). The summed E-state index contributed by atoms with van der Waals surface area (Å²) < 4.78 is 16.4. The average Bonchev–Trinajstić information content (AvgIpc) is 2.87. The maximum atomic E-state index is 13.0. The number of ether oxygens (including phenoxy) is 3. The number of esters is 2. The van der Waals surface area contributed by atoms with Gasteiger partial charge in [0.1, 0.15) is 17.3 Å². The number of nitrogens with zero attached hydrogens (tertiary/aromatic N) is 2. The summed E-state index contributed by atoms with van der Waals surface area (Å²) in [5.41, 5.74) is -0.532. The van der Waals surface area contributed by atoms with Gasteiger partial charge in [0.2, 0.25) is 11.4 Å². The molecule has 3 aromatic rings. The van der Waals surface area contributed by atoms with Crippen LogP contribution in [0.1, 0.15) is 58.9 Å². The van der Waals surface area contributed by atoms with Gasteiger partial charge in [-0.05, 0) is 38.5 Å². The molecule has 0 bridgehead atoms. The largest absolute Gasteiger partial charge is 0.491 e. The minimum Gasteiger partial charge on any atom is -0.491 e. The summed E-state index contributed by atoms with van der Waals surface area (Å²) in [4.78, 5) is 50.1. The number of aromatic hydroxyl groups is 1. The van der Waals surface area contributed by atoms with Gasteiger partial charge in [0, 0.05) is 0 Å². The Morgan fingerprint density at radius 1 is 0.946 bits per heavy atom. The molecule has 11 heteroatoms. The molecule has 0 aliphatic carbocycles. The fraction of sp³-hybridized carbons (Fsp3) is 0.269. The first-order valence-corrected chi connectivity index (χ1v) is 11.2. The lowest BCUT2D eigenvalue weighted by Crippen LogP contribution is -2.31. The maximum absolute atomic E-state index is 13.0. The zero-order valence-corrected chi connectivity index (χ0v) is 20.5. The van der Waals surface area contributed by atoms with Crippen molar-refractivity contribution in [1.29, 1.82) is 0 Å². The lowest BCUT2D eigenvalue weighted by Gasteiger charge is -2.23. The van der Waals surface area contributed by atoms with Gasteiger partial charge >= 0.3 is 17.9 Å². The number of rotatable bonds is 9. The number of nitrogens with two attached hydrogens (primary N) is 1. The molecule has 1 aromatic heterocycles. The van der Waals surface area contributed by atoms with Crippen molar-refractivity contribution in [2.24, 2.45) is 5.90 Å². The number of benzene rings is 2. The molecule has 194 valence electrons. The molecule has 37 heavy (non-hydrogen) atoms. The van der Waals surface area contributed by atoms with Crippen LogP contribution in [0.4, 0.5) is 0 Å². The van der Waals surface area contributed by atoms with Crippen molar-refractivity contribution in [3.8, 4) is 11.6 Å². The SMILES string of the molecule is CC(C)(C)OC(=O)C(COCc1ccccc1)c1nc(O)c(OC(=O)c2ccccc2)c(C(=O)ON)n1. The van der Waals surface area contributed by atoms with E-state index in [0.29, 0.717) is 0 Å². The van der Waals surface area contributed by atoms with Crippen molar-refractivity contribution >= 4 is 17.9 Å². The van der Waals surface area contributed by atoms with Crippen molar-refractivity contribution in [1.82, 2.24) is 9.97 Å². The maximum Gasteiger partial charge on any atom is 0.379 e. The Balaban J connectivity index is 1.95. The van der Waals surface area contributed by atoms with E-state index < -0.39 is 46.8 Å². The summed E-state index contributed by atoms with van der Waals surface area (Å²) in [6, 6.07) is 17.1. The summed E-state index contributed by atoms with van der Waals surface area (Å²) in [6.07, 6.45) is 0. The Labute approximate surface area is 213 Å². The van der Waals surface area contributed by atoms with Gasteiger partial charge in [0.05, 0.1) is 18.8 Å². The Morgan fingerprint density at radius 2 is 1.57 bits per heavy atom. The van der Waals surface area contributed by atoms with E-state index in [2.05, 4.69) is 14.8 Å². The monoisotopic (exact) mass is 509 g/mol. The van der Waals surface area contributed by atoms with E-state index >= 15 is 0 Å². The molecule has 0 aliphatic rings. The molecule has 0 spiro atoms. The second-order valence-corrected chi connectivity index (χ2v) is 8.83. The van der Waals surface area contributed by atoms with Gasteiger partial charge in [-0.3, -0.25) is 4.79 Å². The molecule has 2 aromatic carbocycles. The van der Waals surface area contributed by atoms with Crippen LogP contribution in [-0.4, -0.2) is 45.2 Å². The Hall–Kier alpha value is -4.35. The van der Waals surface area contributed by atoms with Gasteiger partial charge in [-0.25, -0.2) is 14.6 Å². The lowest BCUT2D eigenvalue weighted by atomic mass is 10.1. The smallest absolute Gasteiger partial charge is 0.379 e. The van der Waals surface area contributed by atoms with Crippen LogP contribution in [0.3, 0.4) is 0 Å². The topological polar surface area (TPSA) is 160 Å². The number of carbonyl (C=O) groups excluding carboxylic acids is 3. The fourth-order valence-corrected chi connectivity index (χ4v) is 3.12. The third kappa shape index (κ3) is 7.56. The van der Waals surface area contributed by atoms with Crippen LogP contribution in [0.2, 0.25) is 0 Å². The first-order valence-electron chi connectivity index (χ1n) is 11.2. The summed E-state index contributed by atoms with van der Waals surface area (Å²) in [6.45, 7) is 4.94. The van der Waals surface area contributed by atoms with Crippen LogP contribution in [0.5, 0.6) is 11.6 Å². The molecule has 0 radical (unpaired) electrons. The molecule has 0 aliphatic heterocycles. The molecular formula is C26H27N3O8. The van der Waals surface area contributed by atoms with Crippen molar-refractivity contribution in [2.45, 2.75) is 38.9 Å². The second-order valence-electron chi connectivity index (χ2n) is 8.83. The highest BCUT2D eigenvalue weighted by Crippen LogP contribution is 2.31. The highest BCUT2D eigenvalue weighted by molar-refractivity contribution is 5.95. The van der Waals surface area contributed by atoms with Crippen LogP contribution in [0.25, 0.3) is 0 Å². The minimum absolute atomic E-state index is 0.138.